The lowest BCUT2D eigenvalue weighted by Gasteiger charge is -2.17. The number of ether oxygens (including phenoxy) is 1. The molecular weight excluding hydrogens is 282 g/mol. The molecule has 0 saturated carbocycles. The van der Waals surface area contributed by atoms with Gasteiger partial charge in [-0.25, -0.2) is 4.68 Å². The number of methoxy groups -OCH3 is 1. The predicted molar refractivity (Wildman–Crippen MR) is 80.2 cm³/mol. The number of nitrogens with zero attached hydrogens (tertiary/aromatic N) is 6. The van der Waals surface area contributed by atoms with Gasteiger partial charge in [-0.05, 0) is 20.8 Å². The molecule has 22 heavy (non-hydrogen) atoms. The van der Waals surface area contributed by atoms with Gasteiger partial charge in [0.15, 0.2) is 0 Å². The smallest absolute Gasteiger partial charge is 0.0967 e. The molecule has 0 aliphatic carbocycles. The van der Waals surface area contributed by atoms with Gasteiger partial charge in [0.2, 0.25) is 0 Å². The van der Waals surface area contributed by atoms with Crippen molar-refractivity contribution in [1.29, 1.82) is 0 Å². The van der Waals surface area contributed by atoms with Crippen molar-refractivity contribution in [3.63, 3.8) is 0 Å². The highest BCUT2D eigenvalue weighted by atomic mass is 16.5. The predicted octanol–water partition coefficient (Wildman–Crippen LogP) is 0.766. The van der Waals surface area contributed by atoms with Crippen LogP contribution >= 0.6 is 0 Å². The van der Waals surface area contributed by atoms with Crippen molar-refractivity contribution in [2.24, 2.45) is 0 Å². The maximum absolute atomic E-state index is 5.61. The van der Waals surface area contributed by atoms with Crippen molar-refractivity contribution in [2.45, 2.75) is 44.9 Å². The van der Waals surface area contributed by atoms with Crippen LogP contribution in [0.25, 0.3) is 0 Å². The first-order valence-electron chi connectivity index (χ1n) is 7.50. The number of aromatic amines is 1. The van der Waals surface area contributed by atoms with Crippen molar-refractivity contribution >= 4 is 0 Å². The molecule has 1 aliphatic rings. The van der Waals surface area contributed by atoms with E-state index in [0.717, 1.165) is 31.0 Å². The molecule has 1 aliphatic heterocycles. The number of hydrogen-bond donors (Lipinski definition) is 1. The molecule has 3 heterocycles. The third kappa shape index (κ3) is 3.02. The Hall–Kier alpha value is -1.80. The van der Waals surface area contributed by atoms with Crippen LogP contribution in [0.2, 0.25) is 0 Å². The summed E-state index contributed by atoms with van der Waals surface area (Å²) in [6.45, 7) is 8.85. The standard InChI is InChI=1S/C14H23N7O/c1-14(2,3)21-7-10(16-19-21)6-20-8-11(13(9-20)22-4)12-5-15-18-17-12/h5,7,11,13H,6,8-9H2,1-4H3,(H,15,17,18)/t11-,13+/m0/s1. The van der Waals surface area contributed by atoms with Crippen molar-refractivity contribution < 1.29 is 4.74 Å². The summed E-state index contributed by atoms with van der Waals surface area (Å²) in [6.07, 6.45) is 3.92. The Kier molecular flexibility index (Phi) is 3.96. The summed E-state index contributed by atoms with van der Waals surface area (Å²) in [5, 5.41) is 19.3. The van der Waals surface area contributed by atoms with E-state index < -0.39 is 0 Å². The molecule has 2 atom stereocenters. The molecule has 8 nitrogen and oxygen atoms in total. The zero-order valence-corrected chi connectivity index (χ0v) is 13.5. The molecule has 0 unspecified atom stereocenters. The van der Waals surface area contributed by atoms with E-state index in [0.29, 0.717) is 0 Å². The first kappa shape index (κ1) is 15.1. The number of likely N-dealkylation sites (tertiary alicyclic amines) is 1. The molecule has 0 spiro atoms. The summed E-state index contributed by atoms with van der Waals surface area (Å²) in [6, 6.07) is 0. The molecule has 0 aromatic carbocycles. The van der Waals surface area contributed by atoms with Gasteiger partial charge in [0, 0.05) is 32.7 Å². The lowest BCUT2D eigenvalue weighted by atomic mass is 10.0. The number of hydrogen-bond acceptors (Lipinski definition) is 6. The summed E-state index contributed by atoms with van der Waals surface area (Å²) >= 11 is 0. The largest absolute Gasteiger partial charge is 0.379 e. The SMILES string of the molecule is CO[C@@H]1CN(Cc2cn(C(C)(C)C)nn2)C[C@H]1c1cn[nH]n1. The second-order valence-corrected chi connectivity index (χ2v) is 6.79. The van der Waals surface area contributed by atoms with E-state index in [-0.39, 0.29) is 17.6 Å². The molecule has 0 bridgehead atoms. The van der Waals surface area contributed by atoms with E-state index in [1.165, 1.54) is 0 Å². The molecule has 1 saturated heterocycles. The van der Waals surface area contributed by atoms with E-state index >= 15 is 0 Å². The van der Waals surface area contributed by atoms with Crippen LogP contribution in [0, 0.1) is 0 Å². The molecule has 0 radical (unpaired) electrons. The fourth-order valence-electron chi connectivity index (χ4n) is 2.82. The summed E-state index contributed by atoms with van der Waals surface area (Å²) < 4.78 is 7.51. The van der Waals surface area contributed by atoms with E-state index in [2.05, 4.69) is 51.4 Å². The highest BCUT2D eigenvalue weighted by molar-refractivity contribution is 5.10. The van der Waals surface area contributed by atoms with Crippen molar-refractivity contribution in [3.8, 4) is 0 Å². The van der Waals surface area contributed by atoms with Crippen LogP contribution in [-0.2, 0) is 16.8 Å². The van der Waals surface area contributed by atoms with Gasteiger partial charge < -0.3 is 4.74 Å². The molecule has 0 amide bonds. The Labute approximate surface area is 129 Å². The third-order valence-electron chi connectivity index (χ3n) is 4.07. The number of aromatic nitrogens is 6. The Bertz CT molecular complexity index is 601. The molecule has 2 aromatic heterocycles. The lowest BCUT2D eigenvalue weighted by molar-refractivity contribution is 0.0956. The van der Waals surface area contributed by atoms with Gasteiger partial charge in [0.05, 0.1) is 35.4 Å². The van der Waals surface area contributed by atoms with Crippen molar-refractivity contribution in [3.05, 3.63) is 23.8 Å². The minimum atomic E-state index is -0.0471. The van der Waals surface area contributed by atoms with Crippen LogP contribution in [0.1, 0.15) is 38.1 Å². The fourth-order valence-corrected chi connectivity index (χ4v) is 2.82. The maximum Gasteiger partial charge on any atom is 0.0967 e. The van der Waals surface area contributed by atoms with Crippen LogP contribution in [-0.4, -0.2) is 61.6 Å². The Morgan fingerprint density at radius 3 is 2.77 bits per heavy atom. The summed E-state index contributed by atoms with van der Waals surface area (Å²) in [7, 11) is 1.75. The average molecular weight is 305 g/mol. The first-order chi connectivity index (χ1) is 10.5. The number of rotatable bonds is 4. The maximum atomic E-state index is 5.61. The first-order valence-corrected chi connectivity index (χ1v) is 7.50. The highest BCUT2D eigenvalue weighted by Crippen LogP contribution is 2.28. The van der Waals surface area contributed by atoms with Gasteiger partial charge in [0.25, 0.3) is 0 Å². The van der Waals surface area contributed by atoms with Crippen LogP contribution in [0.3, 0.4) is 0 Å². The highest BCUT2D eigenvalue weighted by Gasteiger charge is 2.35. The zero-order chi connectivity index (χ0) is 15.7. The lowest BCUT2D eigenvalue weighted by Crippen LogP contribution is -2.23. The molecule has 120 valence electrons. The molecule has 3 rings (SSSR count). The zero-order valence-electron chi connectivity index (χ0n) is 13.5. The van der Waals surface area contributed by atoms with Crippen molar-refractivity contribution in [2.75, 3.05) is 20.2 Å². The Balaban J connectivity index is 1.68. The van der Waals surface area contributed by atoms with Gasteiger partial charge in [0.1, 0.15) is 0 Å². The van der Waals surface area contributed by atoms with Crippen molar-refractivity contribution in [1.82, 2.24) is 35.3 Å². The topological polar surface area (TPSA) is 84.8 Å². The average Bonchev–Trinajstić information content (AvgIpc) is 3.17. The molecular formula is C14H23N7O. The van der Waals surface area contributed by atoms with Gasteiger partial charge in [-0.2, -0.15) is 15.4 Å². The van der Waals surface area contributed by atoms with E-state index in [9.17, 15) is 0 Å². The Morgan fingerprint density at radius 1 is 1.36 bits per heavy atom. The fraction of sp³-hybridized carbons (Fsp3) is 0.714. The van der Waals surface area contributed by atoms with Gasteiger partial charge in [-0.3, -0.25) is 4.90 Å². The van der Waals surface area contributed by atoms with Crippen LogP contribution in [0.4, 0.5) is 0 Å². The monoisotopic (exact) mass is 305 g/mol. The minimum Gasteiger partial charge on any atom is -0.379 e. The van der Waals surface area contributed by atoms with E-state index in [1.807, 2.05) is 10.9 Å². The summed E-state index contributed by atoms with van der Waals surface area (Å²) in [4.78, 5) is 2.32. The third-order valence-corrected chi connectivity index (χ3v) is 4.07. The minimum absolute atomic E-state index is 0.0471. The van der Waals surface area contributed by atoms with E-state index in [1.54, 1.807) is 13.3 Å². The second kappa shape index (κ2) is 5.77. The van der Waals surface area contributed by atoms with E-state index in [4.69, 9.17) is 4.74 Å². The summed E-state index contributed by atoms with van der Waals surface area (Å²) in [5.41, 5.74) is 1.88. The van der Waals surface area contributed by atoms with Crippen LogP contribution in [0.5, 0.6) is 0 Å². The number of H-pyrrole nitrogens is 1. The van der Waals surface area contributed by atoms with Crippen LogP contribution in [0.15, 0.2) is 12.4 Å². The summed E-state index contributed by atoms with van der Waals surface area (Å²) in [5.74, 6) is 0.237. The number of nitrogens with one attached hydrogen (secondary N) is 1. The normalized spacial score (nSPS) is 23.3. The molecule has 2 aromatic rings. The molecule has 1 N–H and O–H groups in total. The van der Waals surface area contributed by atoms with Gasteiger partial charge in [-0.1, -0.05) is 5.21 Å². The molecule has 8 heteroatoms. The van der Waals surface area contributed by atoms with Gasteiger partial charge >= 0.3 is 0 Å². The second-order valence-electron chi connectivity index (χ2n) is 6.79. The quantitative estimate of drug-likeness (QED) is 0.898. The Morgan fingerprint density at radius 2 is 2.18 bits per heavy atom. The molecule has 1 fully saturated rings. The van der Waals surface area contributed by atoms with Crippen LogP contribution < -0.4 is 0 Å². The van der Waals surface area contributed by atoms with Gasteiger partial charge in [-0.15, -0.1) is 5.10 Å².